The number of rotatable bonds is 9. The first-order valence-corrected chi connectivity index (χ1v) is 13.7. The van der Waals surface area contributed by atoms with Crippen molar-refractivity contribution < 1.29 is 23.9 Å². The van der Waals surface area contributed by atoms with Gasteiger partial charge in [-0.05, 0) is 65.8 Å². The molecule has 1 amide bonds. The number of halogens is 1. The highest BCUT2D eigenvalue weighted by Gasteiger charge is 2.30. The van der Waals surface area contributed by atoms with Crippen molar-refractivity contribution in [2.75, 3.05) is 39.2 Å². The summed E-state index contributed by atoms with van der Waals surface area (Å²) in [7, 11) is 3.17. The predicted octanol–water partition coefficient (Wildman–Crippen LogP) is 4.37. The van der Waals surface area contributed by atoms with E-state index in [0.29, 0.717) is 52.5 Å². The van der Waals surface area contributed by atoms with E-state index in [0.717, 1.165) is 29.7 Å². The van der Waals surface area contributed by atoms with Gasteiger partial charge >= 0.3 is 6.09 Å². The van der Waals surface area contributed by atoms with Crippen LogP contribution in [-0.4, -0.2) is 83.3 Å². The molecule has 3 heterocycles. The average molecular weight is 573 g/mol. The highest BCUT2D eigenvalue weighted by atomic mass is 35.5. The lowest BCUT2D eigenvalue weighted by Crippen LogP contribution is -2.48. The maximum Gasteiger partial charge on any atom is 0.409 e. The highest BCUT2D eigenvalue weighted by Crippen LogP contribution is 2.36. The van der Waals surface area contributed by atoms with E-state index in [9.17, 15) is 9.90 Å². The van der Waals surface area contributed by atoms with Gasteiger partial charge in [0.15, 0.2) is 5.82 Å². The number of hydrogen-bond donors (Lipinski definition) is 3. The minimum Gasteiger partial charge on any atom is -0.491 e. The summed E-state index contributed by atoms with van der Waals surface area (Å²) in [6.45, 7) is 8.81. The third-order valence-corrected chi connectivity index (χ3v) is 7.43. The molecule has 1 fully saturated rings. The zero-order valence-corrected chi connectivity index (χ0v) is 24.5. The molecule has 2 aromatic heterocycles. The van der Waals surface area contributed by atoms with Crippen molar-refractivity contribution in [2.45, 2.75) is 58.7 Å². The lowest BCUT2D eigenvalue weighted by molar-refractivity contribution is 0.0920. The van der Waals surface area contributed by atoms with Gasteiger partial charge in [-0.1, -0.05) is 16.8 Å². The lowest BCUT2D eigenvalue weighted by Gasteiger charge is -2.37. The maximum absolute atomic E-state index is 12.1. The number of carbonyl (C=O) groups excluding carboxylic acids is 1. The molecule has 11 nitrogen and oxygen atoms in total. The number of nitrogens with zero attached hydrogens (tertiary/aromatic N) is 4. The topological polar surface area (TPSA) is 135 Å². The molecule has 4 rings (SSSR count). The first kappa shape index (κ1) is 29.6. The normalized spacial score (nSPS) is 17.9. The molecule has 0 bridgehead atoms. The number of aromatic nitrogens is 3. The van der Waals surface area contributed by atoms with Crippen molar-refractivity contribution in [3.63, 3.8) is 0 Å². The Hall–Kier alpha value is -3.41. The molecule has 1 aromatic carbocycles. The lowest BCUT2D eigenvalue weighted by atomic mass is 9.98. The molecule has 0 aliphatic carbocycles. The number of hydrogen-bond acceptors (Lipinski definition) is 10. The molecule has 3 aromatic rings. The summed E-state index contributed by atoms with van der Waals surface area (Å²) in [6.07, 6.45) is 0.489. The zero-order chi connectivity index (χ0) is 29.0. The van der Waals surface area contributed by atoms with Gasteiger partial charge < -0.3 is 34.6 Å². The van der Waals surface area contributed by atoms with Crippen LogP contribution >= 0.6 is 11.6 Å². The van der Waals surface area contributed by atoms with E-state index in [1.807, 2.05) is 27.7 Å². The quantitative estimate of drug-likeness (QED) is 0.339. The number of aliphatic hydroxyl groups is 1. The molecule has 0 radical (unpaired) electrons. The average Bonchev–Trinajstić information content (AvgIpc) is 3.26. The molecule has 3 N–H and O–H groups in total. The van der Waals surface area contributed by atoms with E-state index in [-0.39, 0.29) is 24.8 Å². The maximum atomic E-state index is 12.1. The van der Waals surface area contributed by atoms with Gasteiger partial charge in [0.1, 0.15) is 30.0 Å². The number of aliphatic hydroxyl groups excluding tert-OH is 1. The summed E-state index contributed by atoms with van der Waals surface area (Å²) in [5.41, 5.74) is 3.65. The monoisotopic (exact) mass is 572 g/mol. The molecule has 0 unspecified atom stereocenters. The minimum absolute atomic E-state index is 0.00359. The number of ether oxygens (including phenoxy) is 2. The van der Waals surface area contributed by atoms with Gasteiger partial charge in [-0.3, -0.25) is 0 Å². The standard InChI is InChI=1S/C28H37ClN6O5/c1-15-11-19(9-10-35(15)28(37)38-6)31-26-16(2)25(24-17(3)34-40-18(24)4)32-27(33-26)22-12-21(7-8-23(22)29)39-14-20(36)13-30-5/h7-8,12,15,19-20,30,36H,9-11,13-14H2,1-6H3,(H,31,32,33)/t15-,19+,20+/m0/s1. The summed E-state index contributed by atoms with van der Waals surface area (Å²) in [5.74, 6) is 2.26. The van der Waals surface area contributed by atoms with Crippen LogP contribution in [0.4, 0.5) is 10.6 Å². The van der Waals surface area contributed by atoms with E-state index in [1.54, 1.807) is 30.1 Å². The van der Waals surface area contributed by atoms with Gasteiger partial charge in [0.05, 0.1) is 29.1 Å². The molecule has 1 saturated heterocycles. The number of methoxy groups -OCH3 is 1. The van der Waals surface area contributed by atoms with E-state index in [2.05, 4.69) is 15.8 Å². The number of anilines is 1. The molecule has 1 aliphatic rings. The molecule has 1 aliphatic heterocycles. The van der Waals surface area contributed by atoms with E-state index >= 15 is 0 Å². The third-order valence-electron chi connectivity index (χ3n) is 7.10. The Morgan fingerprint density at radius 3 is 2.73 bits per heavy atom. The number of amides is 1. The van der Waals surface area contributed by atoms with Crippen LogP contribution in [0.15, 0.2) is 22.7 Å². The van der Waals surface area contributed by atoms with Crippen LogP contribution in [0.2, 0.25) is 5.02 Å². The Morgan fingerprint density at radius 2 is 2.08 bits per heavy atom. The number of carbonyl (C=O) groups is 1. The Labute approximate surface area is 239 Å². The number of likely N-dealkylation sites (N-methyl/N-ethyl adjacent to an activating group) is 1. The number of aryl methyl sites for hydroxylation is 2. The Bertz CT molecular complexity index is 1330. The van der Waals surface area contributed by atoms with Crippen LogP contribution in [0, 0.1) is 20.8 Å². The van der Waals surface area contributed by atoms with Crippen LogP contribution in [-0.2, 0) is 4.74 Å². The van der Waals surface area contributed by atoms with Crippen LogP contribution in [0.3, 0.4) is 0 Å². The van der Waals surface area contributed by atoms with Crippen LogP contribution < -0.4 is 15.4 Å². The van der Waals surface area contributed by atoms with Gasteiger partial charge in [-0.15, -0.1) is 0 Å². The second-order valence-electron chi connectivity index (χ2n) is 10.1. The second-order valence-corrected chi connectivity index (χ2v) is 10.5. The number of piperidine rings is 1. The first-order chi connectivity index (χ1) is 19.1. The third kappa shape index (κ3) is 6.48. The Balaban J connectivity index is 1.71. The second kappa shape index (κ2) is 12.8. The fourth-order valence-corrected chi connectivity index (χ4v) is 5.18. The fraction of sp³-hybridized carbons (Fsp3) is 0.500. The molecule has 216 valence electrons. The van der Waals surface area contributed by atoms with Gasteiger partial charge in [-0.2, -0.15) is 0 Å². The molecule has 40 heavy (non-hydrogen) atoms. The Kier molecular flexibility index (Phi) is 9.49. The fourth-order valence-electron chi connectivity index (χ4n) is 4.98. The van der Waals surface area contributed by atoms with Crippen LogP contribution in [0.25, 0.3) is 22.6 Å². The zero-order valence-electron chi connectivity index (χ0n) is 23.7. The summed E-state index contributed by atoms with van der Waals surface area (Å²) in [5, 5.41) is 21.2. The molecular weight excluding hydrogens is 536 g/mol. The number of benzene rings is 1. The summed E-state index contributed by atoms with van der Waals surface area (Å²) < 4.78 is 16.2. The SMILES string of the molecule is CNC[C@@H](O)COc1ccc(Cl)c(-c2nc(N[C@@H]3CCN(C(=O)OC)[C@@H](C)C3)c(C)c(-c3c(C)noc3C)n2)c1. The molecule has 0 saturated carbocycles. The predicted molar refractivity (Wildman–Crippen MR) is 153 cm³/mol. The Morgan fingerprint density at radius 1 is 1.30 bits per heavy atom. The van der Waals surface area contributed by atoms with Crippen molar-refractivity contribution >= 4 is 23.5 Å². The van der Waals surface area contributed by atoms with Gasteiger partial charge in [0, 0.05) is 36.3 Å². The van der Waals surface area contributed by atoms with Crippen molar-refractivity contribution in [1.29, 1.82) is 0 Å². The highest BCUT2D eigenvalue weighted by molar-refractivity contribution is 6.33. The van der Waals surface area contributed by atoms with Crippen molar-refractivity contribution in [3.8, 4) is 28.4 Å². The molecule has 12 heteroatoms. The van der Waals surface area contributed by atoms with E-state index in [4.69, 9.17) is 35.6 Å². The first-order valence-electron chi connectivity index (χ1n) is 13.3. The minimum atomic E-state index is -0.658. The number of nitrogens with one attached hydrogen (secondary N) is 2. The van der Waals surface area contributed by atoms with Crippen molar-refractivity contribution in [2.24, 2.45) is 0 Å². The summed E-state index contributed by atoms with van der Waals surface area (Å²) >= 11 is 6.65. The number of likely N-dealkylation sites (tertiary alicyclic amines) is 1. The molecule has 0 spiro atoms. The largest absolute Gasteiger partial charge is 0.491 e. The summed E-state index contributed by atoms with van der Waals surface area (Å²) in [6, 6.07) is 5.33. The van der Waals surface area contributed by atoms with Gasteiger partial charge in [0.25, 0.3) is 0 Å². The molecule has 3 atom stereocenters. The van der Waals surface area contributed by atoms with E-state index in [1.165, 1.54) is 7.11 Å². The van der Waals surface area contributed by atoms with E-state index < -0.39 is 6.10 Å². The molecular formula is C28H37ClN6O5. The van der Waals surface area contributed by atoms with Crippen LogP contribution in [0.1, 0.15) is 36.8 Å². The van der Waals surface area contributed by atoms with Crippen molar-refractivity contribution in [1.82, 2.24) is 25.3 Å². The summed E-state index contributed by atoms with van der Waals surface area (Å²) in [4.78, 5) is 23.7. The van der Waals surface area contributed by atoms with Gasteiger partial charge in [0.2, 0.25) is 0 Å². The van der Waals surface area contributed by atoms with Crippen molar-refractivity contribution in [3.05, 3.63) is 40.2 Å². The smallest absolute Gasteiger partial charge is 0.409 e. The van der Waals surface area contributed by atoms with Crippen LogP contribution in [0.5, 0.6) is 5.75 Å². The van der Waals surface area contributed by atoms with Gasteiger partial charge in [-0.25, -0.2) is 14.8 Å².